The molecule has 4 atom stereocenters. The Morgan fingerprint density at radius 3 is 2.23 bits per heavy atom. The summed E-state index contributed by atoms with van der Waals surface area (Å²) in [5, 5.41) is 3.17. The normalized spacial score (nSPS) is 48.5. The molecule has 4 aliphatic rings. The summed E-state index contributed by atoms with van der Waals surface area (Å²) in [5.41, 5.74) is 0. The van der Waals surface area contributed by atoms with Gasteiger partial charge >= 0.3 is 0 Å². The minimum atomic E-state index is 0.314. The molecule has 2 saturated heterocycles. The summed E-state index contributed by atoms with van der Waals surface area (Å²) in [7, 11) is 0. The molecule has 0 aromatic heterocycles. The minimum absolute atomic E-state index is 0.314. The van der Waals surface area contributed by atoms with Gasteiger partial charge in [-0.1, -0.05) is 0 Å². The first kappa shape index (κ1) is 7.84. The molecular weight excluding hydrogens is 162 g/mol. The standard InChI is InChI=1S/C11H17NO/c13-11-6-9-2-7-1-8(3-9)5-10(4-7)12-11/h7-10H,1-6H2,(H,12,13)/t7-,8?,9?,10?/m0/s1. The summed E-state index contributed by atoms with van der Waals surface area (Å²) in [5.74, 6) is 2.89. The van der Waals surface area contributed by atoms with Crippen molar-refractivity contribution in [1.29, 1.82) is 0 Å². The predicted octanol–water partition coefficient (Wildman–Crippen LogP) is 1.70. The van der Waals surface area contributed by atoms with Gasteiger partial charge in [0.25, 0.3) is 0 Å². The molecule has 0 aromatic carbocycles. The van der Waals surface area contributed by atoms with E-state index in [4.69, 9.17) is 0 Å². The Labute approximate surface area is 79.1 Å². The lowest BCUT2D eigenvalue weighted by Gasteiger charge is -2.45. The van der Waals surface area contributed by atoms with Crippen molar-refractivity contribution in [2.24, 2.45) is 17.8 Å². The fourth-order valence-corrected chi connectivity index (χ4v) is 3.82. The third kappa shape index (κ3) is 1.36. The molecule has 2 heteroatoms. The van der Waals surface area contributed by atoms with Gasteiger partial charge in [0.2, 0.25) is 5.91 Å². The van der Waals surface area contributed by atoms with Crippen LogP contribution < -0.4 is 5.32 Å². The highest BCUT2D eigenvalue weighted by atomic mass is 16.1. The Morgan fingerprint density at radius 2 is 1.54 bits per heavy atom. The van der Waals surface area contributed by atoms with E-state index in [1.807, 2.05) is 0 Å². The molecule has 2 heterocycles. The van der Waals surface area contributed by atoms with Crippen molar-refractivity contribution in [2.75, 3.05) is 0 Å². The molecule has 4 bridgehead atoms. The molecular formula is C11H17NO. The monoisotopic (exact) mass is 179 g/mol. The third-order valence-electron chi connectivity index (χ3n) is 4.07. The first-order valence-corrected chi connectivity index (χ1v) is 5.59. The molecule has 1 N–H and O–H groups in total. The quantitative estimate of drug-likeness (QED) is 0.602. The average Bonchev–Trinajstić information content (AvgIpc) is 1.99. The van der Waals surface area contributed by atoms with Gasteiger partial charge in [-0.2, -0.15) is 0 Å². The zero-order chi connectivity index (χ0) is 8.84. The fourth-order valence-electron chi connectivity index (χ4n) is 3.82. The van der Waals surface area contributed by atoms with E-state index in [1.54, 1.807) is 0 Å². The van der Waals surface area contributed by atoms with E-state index < -0.39 is 0 Å². The third-order valence-corrected chi connectivity index (χ3v) is 4.07. The van der Waals surface area contributed by atoms with Crippen LogP contribution in [-0.2, 0) is 4.79 Å². The van der Waals surface area contributed by atoms with Crippen molar-refractivity contribution in [3.8, 4) is 0 Å². The van der Waals surface area contributed by atoms with Gasteiger partial charge in [0.1, 0.15) is 0 Å². The van der Waals surface area contributed by atoms with Gasteiger partial charge in [-0.15, -0.1) is 0 Å². The van der Waals surface area contributed by atoms with Crippen LogP contribution in [0, 0.1) is 17.8 Å². The van der Waals surface area contributed by atoms with Gasteiger partial charge in [0.05, 0.1) is 0 Å². The minimum Gasteiger partial charge on any atom is -0.353 e. The van der Waals surface area contributed by atoms with Gasteiger partial charge in [0, 0.05) is 12.5 Å². The van der Waals surface area contributed by atoms with Crippen LogP contribution in [0.1, 0.15) is 38.5 Å². The number of hydrogen-bond donors (Lipinski definition) is 1. The first-order chi connectivity index (χ1) is 6.29. The van der Waals surface area contributed by atoms with Gasteiger partial charge in [-0.3, -0.25) is 4.79 Å². The van der Waals surface area contributed by atoms with Crippen LogP contribution in [0.15, 0.2) is 0 Å². The molecule has 0 spiro atoms. The van der Waals surface area contributed by atoms with Crippen LogP contribution in [-0.4, -0.2) is 11.9 Å². The average molecular weight is 179 g/mol. The second-order valence-corrected chi connectivity index (χ2v) is 5.25. The van der Waals surface area contributed by atoms with Crippen molar-refractivity contribution < 1.29 is 4.79 Å². The molecule has 13 heavy (non-hydrogen) atoms. The van der Waals surface area contributed by atoms with Crippen molar-refractivity contribution in [3.05, 3.63) is 0 Å². The summed E-state index contributed by atoms with van der Waals surface area (Å²) in [4.78, 5) is 11.5. The second kappa shape index (κ2) is 2.73. The van der Waals surface area contributed by atoms with Gasteiger partial charge in [-0.25, -0.2) is 0 Å². The Balaban J connectivity index is 1.86. The van der Waals surface area contributed by atoms with E-state index in [1.165, 1.54) is 32.1 Å². The highest BCUT2D eigenvalue weighted by Gasteiger charge is 2.39. The number of carbonyl (C=O) groups is 1. The predicted molar refractivity (Wildman–Crippen MR) is 50.1 cm³/mol. The van der Waals surface area contributed by atoms with Crippen LogP contribution in [0.4, 0.5) is 0 Å². The summed E-state index contributed by atoms with van der Waals surface area (Å²) in [6.07, 6.45) is 7.45. The maximum atomic E-state index is 11.5. The number of nitrogens with one attached hydrogen (secondary N) is 1. The summed E-state index contributed by atoms with van der Waals surface area (Å²) >= 11 is 0. The van der Waals surface area contributed by atoms with E-state index >= 15 is 0 Å². The molecule has 72 valence electrons. The van der Waals surface area contributed by atoms with Gasteiger partial charge in [0.15, 0.2) is 0 Å². The van der Waals surface area contributed by atoms with E-state index in [9.17, 15) is 4.79 Å². The topological polar surface area (TPSA) is 29.1 Å². The summed E-state index contributed by atoms with van der Waals surface area (Å²) in [6, 6.07) is 0.525. The smallest absolute Gasteiger partial charge is 0.220 e. The largest absolute Gasteiger partial charge is 0.353 e. The molecule has 0 aromatic rings. The van der Waals surface area contributed by atoms with Gasteiger partial charge < -0.3 is 5.32 Å². The van der Waals surface area contributed by atoms with Crippen molar-refractivity contribution in [3.63, 3.8) is 0 Å². The number of fused-ring (bicyclic) bond motifs is 2. The number of amides is 1. The van der Waals surface area contributed by atoms with E-state index in [2.05, 4.69) is 5.32 Å². The lowest BCUT2D eigenvalue weighted by Crippen LogP contribution is -2.47. The highest BCUT2D eigenvalue weighted by Crippen LogP contribution is 2.44. The lowest BCUT2D eigenvalue weighted by molar-refractivity contribution is -0.125. The Hall–Kier alpha value is -0.530. The Kier molecular flexibility index (Phi) is 1.64. The molecule has 4 rings (SSSR count). The molecule has 2 aliphatic heterocycles. The summed E-state index contributed by atoms with van der Waals surface area (Å²) in [6.45, 7) is 0. The number of carbonyl (C=O) groups excluding carboxylic acids is 1. The van der Waals surface area contributed by atoms with Gasteiger partial charge in [-0.05, 0) is 49.9 Å². The summed E-state index contributed by atoms with van der Waals surface area (Å²) < 4.78 is 0. The Bertz CT molecular complexity index is 204. The zero-order valence-corrected chi connectivity index (χ0v) is 7.96. The van der Waals surface area contributed by atoms with Crippen LogP contribution in [0.5, 0.6) is 0 Å². The molecule has 3 unspecified atom stereocenters. The molecule has 2 nitrogen and oxygen atoms in total. The molecule has 2 aliphatic carbocycles. The lowest BCUT2D eigenvalue weighted by atomic mass is 9.64. The Morgan fingerprint density at radius 1 is 0.923 bits per heavy atom. The van der Waals surface area contributed by atoms with Crippen molar-refractivity contribution in [1.82, 2.24) is 5.32 Å². The molecule has 4 fully saturated rings. The van der Waals surface area contributed by atoms with Crippen LogP contribution in [0.25, 0.3) is 0 Å². The first-order valence-electron chi connectivity index (χ1n) is 5.59. The maximum absolute atomic E-state index is 11.5. The van der Waals surface area contributed by atoms with E-state index in [0.29, 0.717) is 17.9 Å². The van der Waals surface area contributed by atoms with E-state index in [0.717, 1.165) is 18.3 Å². The SMILES string of the molecule is O=C1CC2CC3CC(C[C@H](C2)C3)N1. The highest BCUT2D eigenvalue weighted by molar-refractivity contribution is 5.76. The fraction of sp³-hybridized carbons (Fsp3) is 0.909. The number of hydrogen-bond acceptors (Lipinski definition) is 1. The van der Waals surface area contributed by atoms with Crippen LogP contribution in [0.3, 0.4) is 0 Å². The zero-order valence-electron chi connectivity index (χ0n) is 7.96. The van der Waals surface area contributed by atoms with Crippen molar-refractivity contribution in [2.45, 2.75) is 44.6 Å². The molecule has 1 amide bonds. The molecule has 2 saturated carbocycles. The van der Waals surface area contributed by atoms with E-state index in [-0.39, 0.29) is 0 Å². The second-order valence-electron chi connectivity index (χ2n) is 5.25. The molecule has 0 radical (unpaired) electrons. The maximum Gasteiger partial charge on any atom is 0.220 e. The van der Waals surface area contributed by atoms with Crippen LogP contribution in [0.2, 0.25) is 0 Å². The van der Waals surface area contributed by atoms with Crippen LogP contribution >= 0.6 is 0 Å². The number of rotatable bonds is 0. The van der Waals surface area contributed by atoms with Crippen molar-refractivity contribution >= 4 is 5.91 Å².